The van der Waals surface area contributed by atoms with Gasteiger partial charge in [-0.05, 0) is 55.8 Å². The van der Waals surface area contributed by atoms with Crippen LogP contribution in [0.4, 0.5) is 0 Å². The number of hydrogen-bond donors (Lipinski definition) is 1. The fraction of sp³-hybridized carbons (Fsp3) is 0.474. The fourth-order valence-electron chi connectivity index (χ4n) is 3.36. The molecule has 3 heteroatoms. The van der Waals surface area contributed by atoms with Gasteiger partial charge in [-0.15, -0.1) is 0 Å². The SMILES string of the molecule is OCc1ccc(CN2CCC[C@H](CCc3ccccc3)C2)o1. The third-order valence-corrected chi connectivity index (χ3v) is 4.54. The zero-order chi connectivity index (χ0) is 15.2. The molecule has 0 saturated carbocycles. The number of hydrogen-bond acceptors (Lipinski definition) is 3. The Bertz CT molecular complexity index is 564. The maximum Gasteiger partial charge on any atom is 0.129 e. The Morgan fingerprint density at radius 3 is 2.68 bits per heavy atom. The molecule has 2 heterocycles. The molecule has 3 rings (SSSR count). The summed E-state index contributed by atoms with van der Waals surface area (Å²) in [6.45, 7) is 3.15. The van der Waals surface area contributed by atoms with Gasteiger partial charge in [0.2, 0.25) is 0 Å². The second-order valence-electron chi connectivity index (χ2n) is 6.29. The molecule has 118 valence electrons. The maximum absolute atomic E-state index is 9.07. The summed E-state index contributed by atoms with van der Waals surface area (Å²) in [6, 6.07) is 14.6. The maximum atomic E-state index is 9.07. The van der Waals surface area contributed by atoms with Gasteiger partial charge in [0, 0.05) is 6.54 Å². The predicted molar refractivity (Wildman–Crippen MR) is 87.4 cm³/mol. The summed E-state index contributed by atoms with van der Waals surface area (Å²) in [4.78, 5) is 2.49. The molecule has 1 aromatic heterocycles. The Balaban J connectivity index is 1.48. The number of piperidine rings is 1. The normalized spacial score (nSPS) is 19.4. The molecule has 1 saturated heterocycles. The van der Waals surface area contributed by atoms with Gasteiger partial charge in [-0.25, -0.2) is 0 Å². The lowest BCUT2D eigenvalue weighted by atomic mass is 9.91. The molecule has 0 radical (unpaired) electrons. The minimum absolute atomic E-state index is 0.0142. The Kier molecular flexibility index (Phi) is 5.30. The molecule has 1 aliphatic heterocycles. The summed E-state index contributed by atoms with van der Waals surface area (Å²) >= 11 is 0. The van der Waals surface area contributed by atoms with Crippen LogP contribution in [0.5, 0.6) is 0 Å². The molecule has 0 bridgehead atoms. The Morgan fingerprint density at radius 2 is 1.91 bits per heavy atom. The van der Waals surface area contributed by atoms with Crippen molar-refractivity contribution in [1.82, 2.24) is 4.90 Å². The van der Waals surface area contributed by atoms with E-state index in [1.54, 1.807) is 0 Å². The first-order valence-electron chi connectivity index (χ1n) is 8.28. The number of benzene rings is 1. The lowest BCUT2D eigenvalue weighted by molar-refractivity contribution is 0.149. The molecule has 0 spiro atoms. The molecule has 22 heavy (non-hydrogen) atoms. The average Bonchev–Trinajstić information content (AvgIpc) is 3.02. The standard InChI is InChI=1S/C19H25NO2/c21-15-19-11-10-18(22-19)14-20-12-4-7-17(13-20)9-8-16-5-2-1-3-6-16/h1-3,5-6,10-11,17,21H,4,7-9,12-15H2/t17-/m1/s1. The second kappa shape index (κ2) is 7.61. The molecule has 0 aliphatic carbocycles. The largest absolute Gasteiger partial charge is 0.462 e. The Morgan fingerprint density at radius 1 is 1.09 bits per heavy atom. The lowest BCUT2D eigenvalue weighted by Crippen LogP contribution is -2.35. The quantitative estimate of drug-likeness (QED) is 0.885. The zero-order valence-electron chi connectivity index (χ0n) is 13.1. The van der Waals surface area contributed by atoms with E-state index < -0.39 is 0 Å². The highest BCUT2D eigenvalue weighted by Crippen LogP contribution is 2.23. The molecule has 0 unspecified atom stereocenters. The smallest absolute Gasteiger partial charge is 0.129 e. The number of aliphatic hydroxyl groups excluding tert-OH is 1. The number of furan rings is 1. The fourth-order valence-corrected chi connectivity index (χ4v) is 3.36. The highest BCUT2D eigenvalue weighted by atomic mass is 16.4. The Hall–Kier alpha value is -1.58. The third kappa shape index (κ3) is 4.21. The highest BCUT2D eigenvalue weighted by molar-refractivity contribution is 5.14. The predicted octanol–water partition coefficient (Wildman–Crippen LogP) is 3.62. The minimum atomic E-state index is -0.0142. The van der Waals surface area contributed by atoms with Crippen LogP contribution in [0, 0.1) is 5.92 Å². The number of aliphatic hydroxyl groups is 1. The van der Waals surface area contributed by atoms with Crippen LogP contribution in [-0.4, -0.2) is 23.1 Å². The topological polar surface area (TPSA) is 36.6 Å². The van der Waals surface area contributed by atoms with Crippen molar-refractivity contribution < 1.29 is 9.52 Å². The van der Waals surface area contributed by atoms with E-state index in [2.05, 4.69) is 35.2 Å². The van der Waals surface area contributed by atoms with E-state index in [0.717, 1.165) is 31.3 Å². The van der Waals surface area contributed by atoms with E-state index in [0.29, 0.717) is 5.76 Å². The molecule has 1 atom stereocenters. The van der Waals surface area contributed by atoms with Gasteiger partial charge in [0.1, 0.15) is 18.1 Å². The lowest BCUT2D eigenvalue weighted by Gasteiger charge is -2.32. The van der Waals surface area contributed by atoms with Gasteiger partial charge < -0.3 is 9.52 Å². The minimum Gasteiger partial charge on any atom is -0.462 e. The number of likely N-dealkylation sites (tertiary alicyclic amines) is 1. The average molecular weight is 299 g/mol. The zero-order valence-corrected chi connectivity index (χ0v) is 13.1. The van der Waals surface area contributed by atoms with Gasteiger partial charge in [0.15, 0.2) is 0 Å². The summed E-state index contributed by atoms with van der Waals surface area (Å²) in [5, 5.41) is 9.07. The van der Waals surface area contributed by atoms with E-state index in [4.69, 9.17) is 9.52 Å². The van der Waals surface area contributed by atoms with Crippen LogP contribution in [0.3, 0.4) is 0 Å². The third-order valence-electron chi connectivity index (χ3n) is 4.54. The first-order chi connectivity index (χ1) is 10.8. The monoisotopic (exact) mass is 299 g/mol. The van der Waals surface area contributed by atoms with Gasteiger partial charge in [0.05, 0.1) is 6.54 Å². The van der Waals surface area contributed by atoms with Gasteiger partial charge in [0.25, 0.3) is 0 Å². The van der Waals surface area contributed by atoms with E-state index in [1.165, 1.54) is 31.2 Å². The first-order valence-corrected chi connectivity index (χ1v) is 8.28. The molecule has 3 nitrogen and oxygen atoms in total. The summed E-state index contributed by atoms with van der Waals surface area (Å²) in [7, 11) is 0. The van der Waals surface area contributed by atoms with E-state index in [9.17, 15) is 0 Å². The van der Waals surface area contributed by atoms with Crippen LogP contribution in [-0.2, 0) is 19.6 Å². The van der Waals surface area contributed by atoms with Crippen LogP contribution < -0.4 is 0 Å². The van der Waals surface area contributed by atoms with Gasteiger partial charge >= 0.3 is 0 Å². The summed E-state index contributed by atoms with van der Waals surface area (Å²) in [5.41, 5.74) is 1.44. The summed E-state index contributed by atoms with van der Waals surface area (Å²) < 4.78 is 5.61. The van der Waals surface area contributed by atoms with Crippen LogP contribution >= 0.6 is 0 Å². The van der Waals surface area contributed by atoms with Crippen LogP contribution in [0.15, 0.2) is 46.9 Å². The molecule has 2 aromatic rings. The molecular weight excluding hydrogens is 274 g/mol. The molecule has 1 fully saturated rings. The molecule has 0 amide bonds. The second-order valence-corrected chi connectivity index (χ2v) is 6.29. The van der Waals surface area contributed by atoms with Gasteiger partial charge in [-0.1, -0.05) is 30.3 Å². The summed E-state index contributed by atoms with van der Waals surface area (Å²) in [6.07, 6.45) is 5.05. The van der Waals surface area contributed by atoms with Crippen LogP contribution in [0.25, 0.3) is 0 Å². The van der Waals surface area contributed by atoms with Gasteiger partial charge in [-0.2, -0.15) is 0 Å². The van der Waals surface area contributed by atoms with Crippen molar-refractivity contribution in [1.29, 1.82) is 0 Å². The van der Waals surface area contributed by atoms with Crippen molar-refractivity contribution in [2.24, 2.45) is 5.92 Å². The van der Waals surface area contributed by atoms with Crippen molar-refractivity contribution in [3.8, 4) is 0 Å². The number of aryl methyl sites for hydroxylation is 1. The molecule has 1 aliphatic rings. The van der Waals surface area contributed by atoms with Crippen molar-refractivity contribution >= 4 is 0 Å². The van der Waals surface area contributed by atoms with E-state index in [1.807, 2.05) is 12.1 Å². The van der Waals surface area contributed by atoms with Crippen molar-refractivity contribution in [2.75, 3.05) is 13.1 Å². The van der Waals surface area contributed by atoms with Crippen LogP contribution in [0.2, 0.25) is 0 Å². The van der Waals surface area contributed by atoms with Gasteiger partial charge in [-0.3, -0.25) is 4.90 Å². The first kappa shape index (κ1) is 15.3. The Labute approximate surface area is 132 Å². The van der Waals surface area contributed by atoms with Crippen LogP contribution in [0.1, 0.15) is 36.3 Å². The van der Waals surface area contributed by atoms with Crippen molar-refractivity contribution in [3.63, 3.8) is 0 Å². The van der Waals surface area contributed by atoms with E-state index in [-0.39, 0.29) is 6.61 Å². The van der Waals surface area contributed by atoms with Crippen molar-refractivity contribution in [3.05, 3.63) is 59.5 Å². The molecule has 1 aromatic carbocycles. The highest BCUT2D eigenvalue weighted by Gasteiger charge is 2.20. The van der Waals surface area contributed by atoms with E-state index >= 15 is 0 Å². The number of nitrogens with zero attached hydrogens (tertiary/aromatic N) is 1. The molecule has 1 N–H and O–H groups in total. The summed E-state index contributed by atoms with van der Waals surface area (Å²) in [5.74, 6) is 2.40. The number of rotatable bonds is 6. The van der Waals surface area contributed by atoms with Crippen molar-refractivity contribution in [2.45, 2.75) is 38.8 Å². The molecular formula is C19H25NO2.